The molecule has 0 fully saturated rings. The Kier molecular flexibility index (Phi) is 4.73. The first-order valence-corrected chi connectivity index (χ1v) is 7.75. The summed E-state index contributed by atoms with van der Waals surface area (Å²) in [6.45, 7) is 4.66. The highest BCUT2D eigenvalue weighted by Gasteiger charge is 2.18. The van der Waals surface area contributed by atoms with Crippen LogP contribution in [-0.4, -0.2) is 35.6 Å². The van der Waals surface area contributed by atoms with Gasteiger partial charge in [-0.15, -0.1) is 0 Å². The molecule has 0 saturated carbocycles. The molecule has 1 aromatic carbocycles. The fraction of sp³-hybridized carbons (Fsp3) is 0.294. The minimum absolute atomic E-state index is 0.516. The van der Waals surface area contributed by atoms with Crippen LogP contribution in [0.2, 0.25) is 0 Å². The Morgan fingerprint density at radius 1 is 1.22 bits per heavy atom. The van der Waals surface area contributed by atoms with Gasteiger partial charge in [0.05, 0.1) is 24.5 Å². The van der Waals surface area contributed by atoms with Gasteiger partial charge < -0.3 is 20.7 Å². The van der Waals surface area contributed by atoms with Crippen LogP contribution in [0.25, 0.3) is 0 Å². The summed E-state index contributed by atoms with van der Waals surface area (Å²) in [4.78, 5) is 11.1. The first-order valence-electron chi connectivity index (χ1n) is 7.75. The van der Waals surface area contributed by atoms with E-state index in [2.05, 4.69) is 15.3 Å². The lowest BCUT2D eigenvalue weighted by atomic mass is 10.2. The third-order valence-corrected chi connectivity index (χ3v) is 3.61. The minimum atomic E-state index is 0.516. The number of benzene rings is 1. The number of fused-ring (bicyclic) bond motifs is 1. The van der Waals surface area contributed by atoms with Gasteiger partial charge in [0.2, 0.25) is 0 Å². The summed E-state index contributed by atoms with van der Waals surface area (Å²) in [6.07, 6.45) is 0. The fourth-order valence-electron chi connectivity index (χ4n) is 2.42. The summed E-state index contributed by atoms with van der Waals surface area (Å²) < 4.78 is 5.39. The molecule has 6 heteroatoms. The van der Waals surface area contributed by atoms with Crippen molar-refractivity contribution < 1.29 is 4.74 Å². The number of nitrogens with two attached hydrogens (primary N) is 1. The first-order chi connectivity index (χ1) is 11.3. The van der Waals surface area contributed by atoms with Crippen molar-refractivity contribution >= 4 is 23.2 Å². The van der Waals surface area contributed by atoms with E-state index in [1.165, 1.54) is 0 Å². The molecule has 3 rings (SSSR count). The van der Waals surface area contributed by atoms with E-state index < -0.39 is 0 Å². The Labute approximate surface area is 136 Å². The molecule has 1 aromatic heterocycles. The molecule has 0 aliphatic carbocycles. The largest absolute Gasteiger partial charge is 0.380 e. The van der Waals surface area contributed by atoms with Gasteiger partial charge in [-0.25, -0.2) is 9.98 Å². The standard InChI is InChI=1S/C17H21N5O/c1-2-23-11-10-22-12-15-14(21-17(22)18)8-9-16(20-15)19-13-6-4-3-5-7-13/h3-9H,2,10-12H2,1H3,(H2,18,21)(H,19,20). The molecule has 0 spiro atoms. The first kappa shape index (κ1) is 15.3. The summed E-state index contributed by atoms with van der Waals surface area (Å²) in [5.41, 5.74) is 8.76. The van der Waals surface area contributed by atoms with Crippen LogP contribution in [0.4, 0.5) is 17.2 Å². The normalized spacial score (nSPS) is 13.4. The van der Waals surface area contributed by atoms with Crippen LogP contribution in [0.1, 0.15) is 12.6 Å². The lowest BCUT2D eigenvalue weighted by Crippen LogP contribution is -2.40. The van der Waals surface area contributed by atoms with Crippen molar-refractivity contribution in [3.63, 3.8) is 0 Å². The smallest absolute Gasteiger partial charge is 0.196 e. The zero-order chi connectivity index (χ0) is 16.1. The molecule has 1 aliphatic heterocycles. The average molecular weight is 311 g/mol. The second-order valence-corrected chi connectivity index (χ2v) is 5.24. The fourth-order valence-corrected chi connectivity index (χ4v) is 2.42. The van der Waals surface area contributed by atoms with Crippen molar-refractivity contribution in [3.05, 3.63) is 48.2 Å². The van der Waals surface area contributed by atoms with Crippen molar-refractivity contribution in [3.8, 4) is 0 Å². The summed E-state index contributed by atoms with van der Waals surface area (Å²) in [6, 6.07) is 13.8. The lowest BCUT2D eigenvalue weighted by molar-refractivity contribution is 0.130. The number of aromatic nitrogens is 1. The zero-order valence-corrected chi connectivity index (χ0v) is 13.2. The summed E-state index contributed by atoms with van der Waals surface area (Å²) in [5.74, 6) is 1.32. The quantitative estimate of drug-likeness (QED) is 0.802. The lowest BCUT2D eigenvalue weighted by Gasteiger charge is -2.27. The van der Waals surface area contributed by atoms with Gasteiger partial charge in [-0.05, 0) is 31.2 Å². The molecular formula is C17H21N5O. The topological polar surface area (TPSA) is 75.8 Å². The van der Waals surface area contributed by atoms with Gasteiger partial charge in [0.25, 0.3) is 0 Å². The van der Waals surface area contributed by atoms with Gasteiger partial charge in [0.1, 0.15) is 5.82 Å². The number of nitrogens with one attached hydrogen (secondary N) is 1. The van der Waals surface area contributed by atoms with Gasteiger partial charge in [-0.1, -0.05) is 18.2 Å². The molecule has 23 heavy (non-hydrogen) atoms. The van der Waals surface area contributed by atoms with Gasteiger partial charge in [-0.2, -0.15) is 0 Å². The maximum absolute atomic E-state index is 6.01. The molecule has 2 heterocycles. The Balaban J connectivity index is 1.74. The predicted molar refractivity (Wildman–Crippen MR) is 92.1 cm³/mol. The van der Waals surface area contributed by atoms with Crippen molar-refractivity contribution in [2.24, 2.45) is 10.7 Å². The van der Waals surface area contributed by atoms with Crippen LogP contribution in [-0.2, 0) is 11.3 Å². The van der Waals surface area contributed by atoms with E-state index in [-0.39, 0.29) is 0 Å². The number of anilines is 2. The van der Waals surface area contributed by atoms with Crippen LogP contribution in [0.3, 0.4) is 0 Å². The van der Waals surface area contributed by atoms with Gasteiger partial charge in [0, 0.05) is 18.8 Å². The molecule has 1 aliphatic rings. The van der Waals surface area contributed by atoms with Crippen molar-refractivity contribution in [2.75, 3.05) is 25.1 Å². The number of guanidine groups is 1. The molecule has 3 N–H and O–H groups in total. The van der Waals surface area contributed by atoms with E-state index in [0.717, 1.165) is 22.9 Å². The molecule has 0 radical (unpaired) electrons. The van der Waals surface area contributed by atoms with Gasteiger partial charge >= 0.3 is 0 Å². The highest BCUT2D eigenvalue weighted by atomic mass is 16.5. The number of hydrogen-bond acceptors (Lipinski definition) is 6. The summed E-state index contributed by atoms with van der Waals surface area (Å²) in [7, 11) is 0. The number of aliphatic imine (C=N–C) groups is 1. The maximum Gasteiger partial charge on any atom is 0.196 e. The molecule has 0 saturated heterocycles. The van der Waals surface area contributed by atoms with Gasteiger partial charge in [-0.3, -0.25) is 0 Å². The van der Waals surface area contributed by atoms with Crippen molar-refractivity contribution in [1.82, 2.24) is 9.88 Å². The number of para-hydroxylation sites is 1. The van der Waals surface area contributed by atoms with Crippen LogP contribution in [0.15, 0.2) is 47.5 Å². The molecule has 120 valence electrons. The highest BCUT2D eigenvalue weighted by molar-refractivity contribution is 5.83. The average Bonchev–Trinajstić information content (AvgIpc) is 2.57. The van der Waals surface area contributed by atoms with E-state index in [9.17, 15) is 0 Å². The van der Waals surface area contributed by atoms with E-state index in [1.807, 2.05) is 54.3 Å². The Morgan fingerprint density at radius 3 is 2.83 bits per heavy atom. The molecule has 2 aromatic rings. The third kappa shape index (κ3) is 3.78. The minimum Gasteiger partial charge on any atom is -0.380 e. The highest BCUT2D eigenvalue weighted by Crippen LogP contribution is 2.26. The predicted octanol–water partition coefficient (Wildman–Crippen LogP) is 2.62. The van der Waals surface area contributed by atoms with Crippen LogP contribution in [0.5, 0.6) is 0 Å². The Morgan fingerprint density at radius 2 is 2.04 bits per heavy atom. The molecule has 0 atom stereocenters. The number of ether oxygens (including phenoxy) is 1. The zero-order valence-electron chi connectivity index (χ0n) is 13.2. The van der Waals surface area contributed by atoms with E-state index >= 15 is 0 Å². The SMILES string of the molecule is CCOCCN1Cc2nc(Nc3ccccc3)ccc2N=C1N. The van der Waals surface area contributed by atoms with Crippen LogP contribution in [0, 0.1) is 0 Å². The molecule has 0 bridgehead atoms. The number of nitrogens with zero attached hydrogens (tertiary/aromatic N) is 3. The van der Waals surface area contributed by atoms with E-state index in [4.69, 9.17) is 10.5 Å². The monoisotopic (exact) mass is 311 g/mol. The van der Waals surface area contributed by atoms with Crippen LogP contribution < -0.4 is 11.1 Å². The molecule has 0 amide bonds. The van der Waals surface area contributed by atoms with Crippen molar-refractivity contribution in [2.45, 2.75) is 13.5 Å². The summed E-state index contributed by atoms with van der Waals surface area (Å²) in [5, 5.41) is 3.30. The number of rotatable bonds is 6. The van der Waals surface area contributed by atoms with E-state index in [0.29, 0.717) is 32.3 Å². The molecule has 0 unspecified atom stereocenters. The van der Waals surface area contributed by atoms with E-state index in [1.54, 1.807) is 0 Å². The van der Waals surface area contributed by atoms with Gasteiger partial charge in [0.15, 0.2) is 5.96 Å². The second-order valence-electron chi connectivity index (χ2n) is 5.24. The molecule has 6 nitrogen and oxygen atoms in total. The Bertz CT molecular complexity index is 687. The third-order valence-electron chi connectivity index (χ3n) is 3.61. The summed E-state index contributed by atoms with van der Waals surface area (Å²) >= 11 is 0. The van der Waals surface area contributed by atoms with Crippen LogP contribution >= 0.6 is 0 Å². The Hall–Kier alpha value is -2.60. The molecular weight excluding hydrogens is 290 g/mol. The second kappa shape index (κ2) is 7.11. The number of pyridine rings is 1. The maximum atomic E-state index is 6.01. The number of hydrogen-bond donors (Lipinski definition) is 2. The van der Waals surface area contributed by atoms with Crippen molar-refractivity contribution in [1.29, 1.82) is 0 Å².